The average Bonchev–Trinajstić information content (AvgIpc) is 2.26. The predicted molar refractivity (Wildman–Crippen MR) is 59.0 cm³/mol. The molecule has 2 heterocycles. The van der Waals surface area contributed by atoms with E-state index in [1.54, 1.807) is 0 Å². The lowest BCUT2D eigenvalue weighted by Gasteiger charge is -2.22. The Labute approximate surface area is 89.7 Å². The molecule has 0 spiro atoms. The molecular weight excluding hydrogens is 190 g/mol. The molecule has 1 aliphatic heterocycles. The number of hydrogen-bond donors (Lipinski definition) is 0. The summed E-state index contributed by atoms with van der Waals surface area (Å²) in [5.74, 6) is 0.596. The van der Waals surface area contributed by atoms with Gasteiger partial charge in [0, 0.05) is 31.5 Å². The molecule has 1 saturated heterocycles. The number of hydrogen-bond acceptors (Lipinski definition) is 2. The fourth-order valence-corrected chi connectivity index (χ4v) is 2.01. The van der Waals surface area contributed by atoms with Gasteiger partial charge < -0.3 is 9.30 Å². The Bertz CT molecular complexity index is 377. The zero-order chi connectivity index (χ0) is 10.7. The molecule has 0 N–H and O–H groups in total. The molecule has 0 aliphatic carbocycles. The number of ether oxygens (including phenoxy) is 1. The van der Waals surface area contributed by atoms with E-state index in [9.17, 15) is 4.79 Å². The quantitative estimate of drug-likeness (QED) is 0.737. The van der Waals surface area contributed by atoms with Crippen molar-refractivity contribution < 1.29 is 4.74 Å². The van der Waals surface area contributed by atoms with Crippen molar-refractivity contribution in [3.05, 3.63) is 34.2 Å². The molecule has 1 aromatic rings. The molecule has 0 saturated carbocycles. The van der Waals surface area contributed by atoms with E-state index in [4.69, 9.17) is 4.74 Å². The van der Waals surface area contributed by atoms with Gasteiger partial charge in [-0.3, -0.25) is 4.79 Å². The van der Waals surface area contributed by atoms with Crippen molar-refractivity contribution in [1.82, 2.24) is 4.57 Å². The summed E-state index contributed by atoms with van der Waals surface area (Å²) in [5.41, 5.74) is 0.966. The van der Waals surface area contributed by atoms with E-state index in [0.717, 1.165) is 38.2 Å². The van der Waals surface area contributed by atoms with Crippen molar-refractivity contribution >= 4 is 0 Å². The molecule has 0 bridgehead atoms. The maximum Gasteiger partial charge on any atom is 0.253 e. The lowest BCUT2D eigenvalue weighted by molar-refractivity contribution is 0.0609. The molecule has 82 valence electrons. The zero-order valence-electron chi connectivity index (χ0n) is 9.11. The van der Waals surface area contributed by atoms with Gasteiger partial charge in [-0.25, -0.2) is 0 Å². The van der Waals surface area contributed by atoms with Gasteiger partial charge in [-0.1, -0.05) is 6.07 Å². The number of aryl methyl sites for hydroxylation is 1. The van der Waals surface area contributed by atoms with Crippen LogP contribution < -0.4 is 5.56 Å². The minimum atomic E-state index is 0.143. The van der Waals surface area contributed by atoms with Crippen molar-refractivity contribution in [3.8, 4) is 0 Å². The van der Waals surface area contributed by atoms with E-state index in [2.05, 4.69) is 0 Å². The Morgan fingerprint density at radius 3 is 2.93 bits per heavy atom. The first-order valence-corrected chi connectivity index (χ1v) is 5.51. The molecule has 0 radical (unpaired) electrons. The Kier molecular flexibility index (Phi) is 3.21. The topological polar surface area (TPSA) is 31.2 Å². The van der Waals surface area contributed by atoms with E-state index < -0.39 is 0 Å². The minimum absolute atomic E-state index is 0.143. The van der Waals surface area contributed by atoms with Crippen LogP contribution in [0.3, 0.4) is 0 Å². The molecule has 3 nitrogen and oxygen atoms in total. The maximum absolute atomic E-state index is 11.8. The van der Waals surface area contributed by atoms with Crippen LogP contribution in [0.5, 0.6) is 0 Å². The summed E-state index contributed by atoms with van der Waals surface area (Å²) in [6.45, 7) is 4.38. The fraction of sp³-hybridized carbons (Fsp3) is 0.583. The van der Waals surface area contributed by atoms with Gasteiger partial charge in [-0.2, -0.15) is 0 Å². The Balaban J connectivity index is 2.09. The van der Waals surface area contributed by atoms with Gasteiger partial charge in [-0.15, -0.1) is 0 Å². The van der Waals surface area contributed by atoms with Crippen LogP contribution in [-0.4, -0.2) is 17.8 Å². The number of aromatic nitrogens is 1. The molecule has 0 atom stereocenters. The van der Waals surface area contributed by atoms with E-state index in [1.165, 1.54) is 0 Å². The molecule has 15 heavy (non-hydrogen) atoms. The van der Waals surface area contributed by atoms with E-state index in [1.807, 2.05) is 29.8 Å². The lowest BCUT2D eigenvalue weighted by atomic mass is 10.0. The largest absolute Gasteiger partial charge is 0.381 e. The highest BCUT2D eigenvalue weighted by atomic mass is 16.5. The minimum Gasteiger partial charge on any atom is -0.381 e. The van der Waals surface area contributed by atoms with Crippen molar-refractivity contribution in [2.24, 2.45) is 5.92 Å². The van der Waals surface area contributed by atoms with Gasteiger partial charge in [0.15, 0.2) is 0 Å². The van der Waals surface area contributed by atoms with Crippen LogP contribution >= 0.6 is 0 Å². The fourth-order valence-electron chi connectivity index (χ4n) is 2.01. The summed E-state index contributed by atoms with van der Waals surface area (Å²) in [6.07, 6.45) is 4.02. The van der Waals surface area contributed by atoms with Gasteiger partial charge in [-0.05, 0) is 31.7 Å². The monoisotopic (exact) mass is 207 g/mol. The van der Waals surface area contributed by atoms with Gasteiger partial charge >= 0.3 is 0 Å². The lowest BCUT2D eigenvalue weighted by Crippen LogP contribution is -2.27. The average molecular weight is 207 g/mol. The third-order valence-corrected chi connectivity index (χ3v) is 3.01. The summed E-state index contributed by atoms with van der Waals surface area (Å²) in [4.78, 5) is 11.8. The third kappa shape index (κ3) is 2.48. The van der Waals surface area contributed by atoms with E-state index in [-0.39, 0.29) is 5.56 Å². The highest BCUT2D eigenvalue weighted by molar-refractivity contribution is 5.07. The first kappa shape index (κ1) is 10.4. The van der Waals surface area contributed by atoms with Gasteiger partial charge in [0.05, 0.1) is 0 Å². The molecule has 0 aromatic carbocycles. The molecule has 3 heteroatoms. The van der Waals surface area contributed by atoms with E-state index >= 15 is 0 Å². The molecule has 2 rings (SSSR count). The van der Waals surface area contributed by atoms with Crippen LogP contribution in [0.1, 0.15) is 18.4 Å². The summed E-state index contributed by atoms with van der Waals surface area (Å²) >= 11 is 0. The van der Waals surface area contributed by atoms with Crippen LogP contribution in [0.2, 0.25) is 0 Å². The van der Waals surface area contributed by atoms with Crippen molar-refractivity contribution in [1.29, 1.82) is 0 Å². The summed E-state index contributed by atoms with van der Waals surface area (Å²) < 4.78 is 7.13. The van der Waals surface area contributed by atoms with E-state index in [0.29, 0.717) is 5.92 Å². The van der Waals surface area contributed by atoms with Crippen molar-refractivity contribution in [3.63, 3.8) is 0 Å². The van der Waals surface area contributed by atoms with Gasteiger partial charge in [0.25, 0.3) is 5.56 Å². The number of pyridine rings is 1. The number of rotatable bonds is 2. The normalized spacial score (nSPS) is 17.9. The van der Waals surface area contributed by atoms with Crippen LogP contribution in [0, 0.1) is 12.8 Å². The molecule has 1 fully saturated rings. The molecule has 1 aliphatic rings. The van der Waals surface area contributed by atoms with Crippen molar-refractivity contribution in [2.45, 2.75) is 26.3 Å². The Morgan fingerprint density at radius 2 is 2.20 bits per heavy atom. The Morgan fingerprint density at radius 1 is 1.47 bits per heavy atom. The Hall–Kier alpha value is -1.09. The second kappa shape index (κ2) is 4.62. The third-order valence-electron chi connectivity index (χ3n) is 3.01. The van der Waals surface area contributed by atoms with Gasteiger partial charge in [0.1, 0.15) is 0 Å². The second-order valence-electron chi connectivity index (χ2n) is 4.20. The predicted octanol–water partition coefficient (Wildman–Crippen LogP) is 1.58. The number of nitrogens with zero attached hydrogens (tertiary/aromatic N) is 1. The highest BCUT2D eigenvalue weighted by Gasteiger charge is 2.14. The maximum atomic E-state index is 11.8. The molecule has 0 amide bonds. The SMILES string of the molecule is Cc1cccn(CC2CCOCC2)c1=O. The highest BCUT2D eigenvalue weighted by Crippen LogP contribution is 2.15. The zero-order valence-corrected chi connectivity index (χ0v) is 9.11. The standard InChI is InChI=1S/C12H17NO2/c1-10-3-2-6-13(12(10)14)9-11-4-7-15-8-5-11/h2-3,6,11H,4-5,7-9H2,1H3. The molecular formula is C12H17NO2. The summed E-state index contributed by atoms with van der Waals surface area (Å²) in [5, 5.41) is 0. The summed E-state index contributed by atoms with van der Waals surface area (Å²) in [7, 11) is 0. The molecule has 1 aromatic heterocycles. The van der Waals surface area contributed by atoms with Crippen LogP contribution in [-0.2, 0) is 11.3 Å². The first-order valence-electron chi connectivity index (χ1n) is 5.51. The molecule has 0 unspecified atom stereocenters. The van der Waals surface area contributed by atoms with Crippen LogP contribution in [0.4, 0.5) is 0 Å². The second-order valence-corrected chi connectivity index (χ2v) is 4.20. The van der Waals surface area contributed by atoms with Gasteiger partial charge in [0.2, 0.25) is 0 Å². The smallest absolute Gasteiger partial charge is 0.253 e. The van der Waals surface area contributed by atoms with Crippen LogP contribution in [0.15, 0.2) is 23.1 Å². The van der Waals surface area contributed by atoms with Crippen LogP contribution in [0.25, 0.3) is 0 Å². The van der Waals surface area contributed by atoms with Crippen molar-refractivity contribution in [2.75, 3.05) is 13.2 Å². The first-order chi connectivity index (χ1) is 7.27. The summed E-state index contributed by atoms with van der Waals surface area (Å²) in [6, 6.07) is 3.80.